The first-order valence-corrected chi connectivity index (χ1v) is 9.20. The number of hydrogen-bond donors (Lipinski definition) is 1. The highest BCUT2D eigenvalue weighted by Gasteiger charge is 2.45. The second-order valence-corrected chi connectivity index (χ2v) is 7.75. The van der Waals surface area contributed by atoms with Crippen LogP contribution in [0, 0.1) is 19.3 Å². The molecule has 2 aliphatic rings. The number of carbonyl (C=O) groups is 2. The molecule has 26 heavy (non-hydrogen) atoms. The Morgan fingerprint density at radius 2 is 1.62 bits per heavy atom. The molecular weight excluding hydrogens is 332 g/mol. The highest BCUT2D eigenvalue weighted by atomic mass is 16.7. The van der Waals surface area contributed by atoms with Gasteiger partial charge in [0, 0.05) is 31.6 Å². The van der Waals surface area contributed by atoms with Crippen LogP contribution >= 0.6 is 0 Å². The lowest BCUT2D eigenvalue weighted by molar-refractivity contribution is -0.189. The molecule has 2 saturated heterocycles. The maximum absolute atomic E-state index is 13.0. The molecule has 0 bridgehead atoms. The number of aryl methyl sites for hydroxylation is 2. The van der Waals surface area contributed by atoms with Gasteiger partial charge in [0.1, 0.15) is 5.41 Å². The largest absolute Gasteiger partial charge is 0.347 e. The summed E-state index contributed by atoms with van der Waals surface area (Å²) in [5, 5.41) is 2.95. The topological polar surface area (TPSA) is 67.9 Å². The molecule has 2 aliphatic heterocycles. The van der Waals surface area contributed by atoms with E-state index in [-0.39, 0.29) is 11.8 Å². The molecule has 6 nitrogen and oxygen atoms in total. The lowest BCUT2D eigenvalue weighted by atomic mass is 9.88. The van der Waals surface area contributed by atoms with Crippen molar-refractivity contribution in [2.75, 3.05) is 31.6 Å². The van der Waals surface area contributed by atoms with Gasteiger partial charge >= 0.3 is 0 Å². The summed E-state index contributed by atoms with van der Waals surface area (Å²) < 4.78 is 11.4. The second-order valence-electron chi connectivity index (χ2n) is 7.75. The molecule has 142 valence electrons. The third kappa shape index (κ3) is 3.48. The first-order chi connectivity index (χ1) is 12.3. The van der Waals surface area contributed by atoms with Crippen molar-refractivity contribution in [2.24, 2.45) is 5.41 Å². The number of nitrogens with zero attached hydrogens (tertiary/aromatic N) is 1. The third-order valence-corrected chi connectivity index (χ3v) is 5.45. The molecule has 0 atom stereocenters. The smallest absolute Gasteiger partial charge is 0.239 e. The van der Waals surface area contributed by atoms with Crippen molar-refractivity contribution in [3.8, 4) is 0 Å². The van der Waals surface area contributed by atoms with Gasteiger partial charge in [-0.15, -0.1) is 0 Å². The van der Waals surface area contributed by atoms with Gasteiger partial charge in [0.15, 0.2) is 5.79 Å². The fourth-order valence-corrected chi connectivity index (χ4v) is 3.61. The number of nitrogens with one attached hydrogen (secondary N) is 1. The van der Waals surface area contributed by atoms with Crippen molar-refractivity contribution >= 4 is 17.5 Å². The minimum Gasteiger partial charge on any atom is -0.347 e. The number of hydrogen-bond acceptors (Lipinski definition) is 4. The van der Waals surface area contributed by atoms with Gasteiger partial charge in [0.05, 0.1) is 13.2 Å². The van der Waals surface area contributed by atoms with Crippen molar-refractivity contribution < 1.29 is 19.1 Å². The van der Waals surface area contributed by atoms with E-state index in [1.165, 1.54) is 0 Å². The number of rotatable bonds is 3. The fourth-order valence-electron chi connectivity index (χ4n) is 3.61. The Morgan fingerprint density at radius 3 is 2.15 bits per heavy atom. The molecule has 6 heteroatoms. The average molecular weight is 360 g/mol. The molecule has 2 heterocycles. The molecule has 0 aromatic heterocycles. The number of anilines is 1. The van der Waals surface area contributed by atoms with E-state index in [4.69, 9.17) is 9.47 Å². The Balaban J connectivity index is 1.67. The summed E-state index contributed by atoms with van der Waals surface area (Å²) in [5.41, 5.74) is 1.61. The highest BCUT2D eigenvalue weighted by Crippen LogP contribution is 2.33. The summed E-state index contributed by atoms with van der Waals surface area (Å²) in [6.07, 6.45) is 1.29. The maximum atomic E-state index is 13.0. The molecule has 2 amide bonds. The number of para-hydroxylation sites is 1. The van der Waals surface area contributed by atoms with Crippen LogP contribution in [0.1, 0.15) is 37.8 Å². The third-order valence-electron chi connectivity index (χ3n) is 5.45. The van der Waals surface area contributed by atoms with Crippen LogP contribution in [0.3, 0.4) is 0 Å². The van der Waals surface area contributed by atoms with Crippen molar-refractivity contribution in [1.29, 1.82) is 0 Å². The Bertz CT molecular complexity index is 678. The fraction of sp³-hybridized carbons (Fsp3) is 0.600. The first kappa shape index (κ1) is 18.9. The van der Waals surface area contributed by atoms with Gasteiger partial charge in [0.25, 0.3) is 0 Å². The molecule has 0 unspecified atom stereocenters. The van der Waals surface area contributed by atoms with Crippen molar-refractivity contribution in [1.82, 2.24) is 4.90 Å². The van der Waals surface area contributed by atoms with Crippen LogP contribution in [-0.2, 0) is 19.1 Å². The SMILES string of the molecule is Cc1cccc(C)c1NC(=O)C(C)(C)C(=O)N1CCC2(CC1)OCCO2. The van der Waals surface area contributed by atoms with Gasteiger partial charge in [-0.05, 0) is 38.8 Å². The number of carbonyl (C=O) groups excluding carboxylic acids is 2. The zero-order valence-corrected chi connectivity index (χ0v) is 16.1. The van der Waals surface area contributed by atoms with E-state index >= 15 is 0 Å². The number of likely N-dealkylation sites (tertiary alicyclic amines) is 1. The van der Waals surface area contributed by atoms with Gasteiger partial charge in [-0.2, -0.15) is 0 Å². The Morgan fingerprint density at radius 1 is 1.08 bits per heavy atom. The van der Waals surface area contributed by atoms with Crippen LogP contribution in [0.2, 0.25) is 0 Å². The molecule has 3 rings (SSSR count). The Labute approximate surface area is 154 Å². The quantitative estimate of drug-likeness (QED) is 0.842. The Hall–Kier alpha value is -1.92. The normalized spacial score (nSPS) is 19.6. The van der Waals surface area contributed by atoms with Crippen molar-refractivity contribution in [3.05, 3.63) is 29.3 Å². The molecule has 1 N–H and O–H groups in total. The van der Waals surface area contributed by atoms with Crippen LogP contribution < -0.4 is 5.32 Å². The second kappa shape index (κ2) is 7.00. The number of ether oxygens (including phenoxy) is 2. The molecule has 1 aromatic carbocycles. The number of benzene rings is 1. The zero-order chi connectivity index (χ0) is 18.9. The van der Waals surface area contributed by atoms with E-state index in [0.29, 0.717) is 39.1 Å². The van der Waals surface area contributed by atoms with Crippen LogP contribution in [0.15, 0.2) is 18.2 Å². The summed E-state index contributed by atoms with van der Waals surface area (Å²) in [5.74, 6) is -0.968. The van der Waals surface area contributed by atoms with Crippen LogP contribution in [0.4, 0.5) is 5.69 Å². The van der Waals surface area contributed by atoms with E-state index in [9.17, 15) is 9.59 Å². The van der Waals surface area contributed by atoms with Crippen LogP contribution in [0.5, 0.6) is 0 Å². The van der Waals surface area contributed by atoms with Crippen molar-refractivity contribution in [3.63, 3.8) is 0 Å². The number of piperidine rings is 1. The summed E-state index contributed by atoms with van der Waals surface area (Å²) in [4.78, 5) is 27.6. The molecule has 1 aromatic rings. The predicted octanol–water partition coefficient (Wildman–Crippen LogP) is 2.63. The zero-order valence-electron chi connectivity index (χ0n) is 16.1. The molecule has 0 aliphatic carbocycles. The van der Waals surface area contributed by atoms with Crippen LogP contribution in [-0.4, -0.2) is 48.8 Å². The molecule has 1 spiro atoms. The summed E-state index contributed by atoms with van der Waals surface area (Å²) in [6, 6.07) is 5.85. The molecule has 0 radical (unpaired) electrons. The standard InChI is InChI=1S/C20H28N2O4/c1-14-6-5-7-15(2)16(14)21-17(23)19(3,4)18(24)22-10-8-20(9-11-22)25-12-13-26-20/h5-7H,8-13H2,1-4H3,(H,21,23). The van der Waals surface area contributed by atoms with E-state index in [2.05, 4.69) is 5.32 Å². The molecular formula is C20H28N2O4. The van der Waals surface area contributed by atoms with Crippen LogP contribution in [0.25, 0.3) is 0 Å². The maximum Gasteiger partial charge on any atom is 0.239 e. The van der Waals surface area contributed by atoms with E-state index < -0.39 is 11.2 Å². The number of amides is 2. The monoisotopic (exact) mass is 360 g/mol. The van der Waals surface area contributed by atoms with E-state index in [0.717, 1.165) is 16.8 Å². The van der Waals surface area contributed by atoms with E-state index in [1.807, 2.05) is 32.0 Å². The highest BCUT2D eigenvalue weighted by molar-refractivity contribution is 6.10. The average Bonchev–Trinajstić information content (AvgIpc) is 3.06. The minimum absolute atomic E-state index is 0.158. The summed E-state index contributed by atoms with van der Waals surface area (Å²) >= 11 is 0. The Kier molecular flexibility index (Phi) is 5.08. The van der Waals surface area contributed by atoms with Crippen molar-refractivity contribution in [2.45, 2.75) is 46.3 Å². The van der Waals surface area contributed by atoms with Gasteiger partial charge in [-0.25, -0.2) is 0 Å². The molecule has 2 fully saturated rings. The first-order valence-electron chi connectivity index (χ1n) is 9.20. The van der Waals surface area contributed by atoms with E-state index in [1.54, 1.807) is 18.7 Å². The lowest BCUT2D eigenvalue weighted by Crippen LogP contribution is -2.53. The lowest BCUT2D eigenvalue weighted by Gasteiger charge is -2.40. The minimum atomic E-state index is -1.14. The van der Waals surface area contributed by atoms with Gasteiger partial charge in [-0.3, -0.25) is 9.59 Å². The van der Waals surface area contributed by atoms with Gasteiger partial charge in [-0.1, -0.05) is 18.2 Å². The van der Waals surface area contributed by atoms with Gasteiger partial charge in [0.2, 0.25) is 11.8 Å². The summed E-state index contributed by atoms with van der Waals surface area (Å²) in [7, 11) is 0. The van der Waals surface area contributed by atoms with Gasteiger partial charge < -0.3 is 19.7 Å². The predicted molar refractivity (Wildman–Crippen MR) is 98.8 cm³/mol. The molecule has 0 saturated carbocycles. The summed E-state index contributed by atoms with van der Waals surface area (Å²) in [6.45, 7) is 9.57.